The minimum Gasteiger partial charge on any atom is -0.463 e. The maximum atomic E-state index is 14.3. The summed E-state index contributed by atoms with van der Waals surface area (Å²) in [7, 11) is 0. The van der Waals surface area contributed by atoms with Crippen molar-refractivity contribution in [3.63, 3.8) is 0 Å². The van der Waals surface area contributed by atoms with Gasteiger partial charge in [-0.1, -0.05) is 62.2 Å². The number of benzene rings is 1. The predicted molar refractivity (Wildman–Crippen MR) is 165 cm³/mol. The van der Waals surface area contributed by atoms with Gasteiger partial charge in [0.05, 0.1) is 36.6 Å². The van der Waals surface area contributed by atoms with E-state index in [1.54, 1.807) is 24.0 Å². The molecular weight excluding hydrogens is 562 g/mol. The van der Waals surface area contributed by atoms with Crippen molar-refractivity contribution in [2.24, 2.45) is 11.8 Å². The lowest BCUT2D eigenvalue weighted by Crippen LogP contribution is -2.58. The van der Waals surface area contributed by atoms with Gasteiger partial charge in [-0.3, -0.25) is 19.2 Å². The number of carbonyl (C=O) groups excluding carboxylic acids is 4. The molecule has 0 saturated carbocycles. The second-order valence-corrected chi connectivity index (χ2v) is 12.1. The molecule has 0 unspecified atom stereocenters. The zero-order valence-corrected chi connectivity index (χ0v) is 26.0. The lowest BCUT2D eigenvalue weighted by molar-refractivity contribution is -0.151. The van der Waals surface area contributed by atoms with E-state index in [0.29, 0.717) is 32.4 Å². The Hall–Kier alpha value is -3.50. The Balaban J connectivity index is 1.62. The molecule has 0 radical (unpaired) electrons. The van der Waals surface area contributed by atoms with Gasteiger partial charge in [0.2, 0.25) is 17.7 Å². The van der Waals surface area contributed by atoms with Crippen molar-refractivity contribution in [3.8, 4) is 0 Å². The standard InChI is InChI=1S/C34H47N3O7/c1-5-8-13-20-36(19-7-3)33(42)30-34-18-17-26(44-34)28(29(34)32(41)37(30)23(4)21-38)31(40)35-25(24-14-11-10-12-15-24)22-43-27(39)16-9-6-2/h6-7,10-12,14-15,23,25-26,28-30,38H,2-3,5,8-9,13,16-22H2,1,4H3,(H,35,40)/t23-,25+,26+,28-,29-,30+,34-/m1/s1. The third-order valence-corrected chi connectivity index (χ3v) is 9.19. The first-order chi connectivity index (χ1) is 21.2. The maximum absolute atomic E-state index is 14.3. The SMILES string of the molecule is C=CCCC(=O)OC[C@H](NC(=O)[C@@H]1[C@@H]2CC[C@]3(O2)[C@H](C(=O)N(CC=C)CCCCC)N([C@H](C)CO)C(=O)[C@@H]13)c1ccccc1. The Labute approximate surface area is 260 Å². The predicted octanol–water partition coefficient (Wildman–Crippen LogP) is 3.31. The molecule has 0 aliphatic carbocycles. The Bertz CT molecular complexity index is 1210. The minimum absolute atomic E-state index is 0.0726. The van der Waals surface area contributed by atoms with Gasteiger partial charge in [0, 0.05) is 19.5 Å². The number of esters is 1. The van der Waals surface area contributed by atoms with Crippen LogP contribution in [0.5, 0.6) is 0 Å². The molecule has 240 valence electrons. The first kappa shape index (κ1) is 33.4. The molecule has 1 spiro atoms. The molecule has 1 aromatic carbocycles. The number of carbonyl (C=O) groups is 4. The number of allylic oxidation sites excluding steroid dienone is 1. The molecule has 2 bridgehead atoms. The molecule has 3 aliphatic rings. The molecule has 7 atom stereocenters. The lowest BCUT2D eigenvalue weighted by Gasteiger charge is -2.38. The van der Waals surface area contributed by atoms with Gasteiger partial charge in [0.1, 0.15) is 18.2 Å². The number of likely N-dealkylation sites (tertiary alicyclic amines) is 1. The molecule has 0 aromatic heterocycles. The summed E-state index contributed by atoms with van der Waals surface area (Å²) in [6.45, 7) is 11.7. The van der Waals surface area contributed by atoms with Crippen molar-refractivity contribution in [1.29, 1.82) is 0 Å². The molecule has 44 heavy (non-hydrogen) atoms. The number of fused-ring (bicyclic) bond motifs is 1. The van der Waals surface area contributed by atoms with Crippen LogP contribution in [0, 0.1) is 11.8 Å². The summed E-state index contributed by atoms with van der Waals surface area (Å²) in [5, 5.41) is 13.2. The molecule has 10 nitrogen and oxygen atoms in total. The van der Waals surface area contributed by atoms with Gasteiger partial charge in [-0.25, -0.2) is 0 Å². The van der Waals surface area contributed by atoms with Gasteiger partial charge < -0.3 is 29.7 Å². The van der Waals surface area contributed by atoms with Gasteiger partial charge in [0.25, 0.3) is 0 Å². The first-order valence-electron chi connectivity index (χ1n) is 15.9. The fourth-order valence-electron chi connectivity index (χ4n) is 7.05. The summed E-state index contributed by atoms with van der Waals surface area (Å²) < 4.78 is 12.1. The second-order valence-electron chi connectivity index (χ2n) is 12.1. The van der Waals surface area contributed by atoms with Crippen LogP contribution in [0.4, 0.5) is 0 Å². The third kappa shape index (κ3) is 6.61. The van der Waals surface area contributed by atoms with Crippen LogP contribution in [0.2, 0.25) is 0 Å². The van der Waals surface area contributed by atoms with E-state index in [0.717, 1.165) is 24.8 Å². The van der Waals surface area contributed by atoms with E-state index < -0.39 is 47.6 Å². The van der Waals surface area contributed by atoms with Gasteiger partial charge in [-0.05, 0) is 38.2 Å². The number of hydrogen-bond acceptors (Lipinski definition) is 7. The van der Waals surface area contributed by atoms with Crippen molar-refractivity contribution >= 4 is 23.7 Å². The summed E-state index contributed by atoms with van der Waals surface area (Å²) in [5.41, 5.74) is -0.418. The molecule has 3 heterocycles. The zero-order chi connectivity index (χ0) is 31.9. The van der Waals surface area contributed by atoms with Crippen LogP contribution in [0.15, 0.2) is 55.6 Å². The summed E-state index contributed by atoms with van der Waals surface area (Å²) in [6.07, 6.45) is 7.21. The van der Waals surface area contributed by atoms with Crippen LogP contribution >= 0.6 is 0 Å². The van der Waals surface area contributed by atoms with Crippen molar-refractivity contribution < 1.29 is 33.8 Å². The minimum atomic E-state index is -1.17. The van der Waals surface area contributed by atoms with Crippen molar-refractivity contribution in [2.75, 3.05) is 26.3 Å². The highest BCUT2D eigenvalue weighted by atomic mass is 16.5. The van der Waals surface area contributed by atoms with Crippen LogP contribution in [-0.4, -0.2) is 88.7 Å². The van der Waals surface area contributed by atoms with E-state index in [2.05, 4.69) is 25.4 Å². The van der Waals surface area contributed by atoms with Crippen LogP contribution < -0.4 is 5.32 Å². The Morgan fingerprint density at radius 2 is 1.98 bits per heavy atom. The third-order valence-electron chi connectivity index (χ3n) is 9.19. The summed E-state index contributed by atoms with van der Waals surface area (Å²) in [6, 6.07) is 6.97. The Morgan fingerprint density at radius 1 is 1.23 bits per heavy atom. The first-order valence-corrected chi connectivity index (χ1v) is 15.9. The van der Waals surface area contributed by atoms with E-state index in [1.807, 2.05) is 30.3 Å². The highest BCUT2D eigenvalue weighted by Gasteiger charge is 2.75. The molecule has 1 aromatic rings. The zero-order valence-electron chi connectivity index (χ0n) is 26.0. The average Bonchev–Trinajstić information content (AvgIpc) is 3.68. The van der Waals surface area contributed by atoms with Gasteiger partial charge in [0.15, 0.2) is 0 Å². The van der Waals surface area contributed by atoms with Crippen molar-refractivity contribution in [3.05, 3.63) is 61.2 Å². The topological polar surface area (TPSA) is 125 Å². The smallest absolute Gasteiger partial charge is 0.306 e. The molecule has 10 heteroatoms. The lowest BCUT2D eigenvalue weighted by atomic mass is 9.70. The van der Waals surface area contributed by atoms with Crippen LogP contribution in [0.1, 0.15) is 70.4 Å². The summed E-state index contributed by atoms with van der Waals surface area (Å²) >= 11 is 0. The summed E-state index contributed by atoms with van der Waals surface area (Å²) in [5.74, 6) is -3.10. The van der Waals surface area contributed by atoms with Crippen LogP contribution in [0.25, 0.3) is 0 Å². The van der Waals surface area contributed by atoms with Crippen LogP contribution in [0.3, 0.4) is 0 Å². The molecule has 3 fully saturated rings. The van der Waals surface area contributed by atoms with Crippen LogP contribution in [-0.2, 0) is 28.7 Å². The highest BCUT2D eigenvalue weighted by molar-refractivity contribution is 5.99. The highest BCUT2D eigenvalue weighted by Crippen LogP contribution is 2.59. The fraction of sp³-hybridized carbons (Fsp3) is 0.588. The van der Waals surface area contributed by atoms with Gasteiger partial charge >= 0.3 is 5.97 Å². The molecule has 4 rings (SSSR count). The number of amides is 3. The summed E-state index contributed by atoms with van der Waals surface area (Å²) in [4.78, 5) is 58.0. The Kier molecular flexibility index (Phi) is 11.4. The van der Waals surface area contributed by atoms with E-state index in [4.69, 9.17) is 9.47 Å². The van der Waals surface area contributed by atoms with Crippen molar-refractivity contribution in [1.82, 2.24) is 15.1 Å². The maximum Gasteiger partial charge on any atom is 0.306 e. The average molecular weight is 610 g/mol. The van der Waals surface area contributed by atoms with E-state index in [9.17, 15) is 24.3 Å². The number of ether oxygens (including phenoxy) is 2. The Morgan fingerprint density at radius 3 is 2.64 bits per heavy atom. The number of hydrogen-bond donors (Lipinski definition) is 2. The number of unbranched alkanes of at least 4 members (excludes halogenated alkanes) is 2. The molecule has 2 N–H and O–H groups in total. The molecule has 3 amide bonds. The monoisotopic (exact) mass is 609 g/mol. The fourth-order valence-corrected chi connectivity index (χ4v) is 7.05. The quantitative estimate of drug-likeness (QED) is 0.158. The largest absolute Gasteiger partial charge is 0.463 e. The number of nitrogens with one attached hydrogen (secondary N) is 1. The molecular formula is C34H47N3O7. The number of rotatable bonds is 17. The van der Waals surface area contributed by atoms with Gasteiger partial charge in [-0.15, -0.1) is 13.2 Å². The van der Waals surface area contributed by atoms with E-state index in [-0.39, 0.29) is 37.4 Å². The second kappa shape index (κ2) is 15.0. The van der Waals surface area contributed by atoms with Crippen molar-refractivity contribution in [2.45, 2.75) is 88.6 Å². The molecule has 3 saturated heterocycles. The molecule has 3 aliphatic heterocycles. The van der Waals surface area contributed by atoms with E-state index in [1.165, 1.54) is 4.90 Å². The van der Waals surface area contributed by atoms with Gasteiger partial charge in [-0.2, -0.15) is 0 Å². The number of aliphatic hydroxyl groups excluding tert-OH is 1. The number of aliphatic hydroxyl groups is 1. The van der Waals surface area contributed by atoms with E-state index >= 15 is 0 Å². The number of nitrogens with zero attached hydrogens (tertiary/aromatic N) is 2. The normalized spacial score (nSPS) is 26.5.